The Morgan fingerprint density at radius 1 is 1.17 bits per heavy atom. The molecule has 2 rings (SSSR count). The molecule has 2 aromatic rings. The van der Waals surface area contributed by atoms with Gasteiger partial charge < -0.3 is 5.32 Å². The number of hydrogen-bond acceptors (Lipinski definition) is 4. The van der Waals surface area contributed by atoms with Gasteiger partial charge in [-0.25, -0.2) is 0 Å². The number of aryl methyl sites for hydroxylation is 1. The minimum atomic E-state index is -0.486. The summed E-state index contributed by atoms with van der Waals surface area (Å²) in [6.07, 6.45) is 0. The van der Waals surface area contributed by atoms with Crippen LogP contribution < -0.4 is 10.6 Å². The van der Waals surface area contributed by atoms with Crippen LogP contribution in [-0.4, -0.2) is 15.9 Å². The number of nitro benzene ring substituents is 1. The van der Waals surface area contributed by atoms with Crippen LogP contribution in [0.25, 0.3) is 0 Å². The fourth-order valence-electron chi connectivity index (χ4n) is 1.92. The highest BCUT2D eigenvalue weighted by molar-refractivity contribution is 7.80. The molecule has 0 unspecified atom stereocenters. The first-order chi connectivity index (χ1) is 11.3. The number of anilines is 1. The highest BCUT2D eigenvalue weighted by atomic mass is 35.5. The Labute approximate surface area is 152 Å². The lowest BCUT2D eigenvalue weighted by Gasteiger charge is -2.12. The zero-order chi connectivity index (χ0) is 17.9. The summed E-state index contributed by atoms with van der Waals surface area (Å²) < 4.78 is 0. The van der Waals surface area contributed by atoms with Crippen LogP contribution in [0.4, 0.5) is 11.4 Å². The van der Waals surface area contributed by atoms with Crippen LogP contribution in [0.15, 0.2) is 36.4 Å². The SMILES string of the molecule is Cc1cc([N+](=O)[O-])ccc1NC(=S)NC(=O)c1cc(Cl)cc(Cl)c1. The van der Waals surface area contributed by atoms with Crippen molar-refractivity contribution in [3.63, 3.8) is 0 Å². The molecule has 2 aromatic carbocycles. The van der Waals surface area contributed by atoms with Gasteiger partial charge >= 0.3 is 0 Å². The monoisotopic (exact) mass is 383 g/mol. The van der Waals surface area contributed by atoms with E-state index >= 15 is 0 Å². The van der Waals surface area contributed by atoms with Crippen molar-refractivity contribution in [3.8, 4) is 0 Å². The molecule has 0 atom stereocenters. The van der Waals surface area contributed by atoms with Gasteiger partial charge in [0.15, 0.2) is 5.11 Å². The van der Waals surface area contributed by atoms with Crippen LogP contribution >= 0.6 is 35.4 Å². The van der Waals surface area contributed by atoms with Gasteiger partial charge in [0.25, 0.3) is 11.6 Å². The molecule has 0 saturated carbocycles. The Morgan fingerprint density at radius 3 is 2.33 bits per heavy atom. The fourth-order valence-corrected chi connectivity index (χ4v) is 2.64. The van der Waals surface area contributed by atoms with Crippen molar-refractivity contribution in [2.45, 2.75) is 6.92 Å². The Hall–Kier alpha value is -2.22. The normalized spacial score (nSPS) is 10.1. The molecule has 1 amide bonds. The van der Waals surface area contributed by atoms with E-state index in [1.807, 2.05) is 0 Å². The van der Waals surface area contributed by atoms with Crippen molar-refractivity contribution in [2.24, 2.45) is 0 Å². The third kappa shape index (κ3) is 4.64. The first-order valence-electron chi connectivity index (χ1n) is 6.60. The largest absolute Gasteiger partial charge is 0.332 e. The summed E-state index contributed by atoms with van der Waals surface area (Å²) in [5.41, 5.74) is 1.40. The van der Waals surface area contributed by atoms with E-state index < -0.39 is 10.8 Å². The molecule has 2 N–H and O–H groups in total. The van der Waals surface area contributed by atoms with Gasteiger partial charge in [-0.3, -0.25) is 20.2 Å². The minimum Gasteiger partial charge on any atom is -0.332 e. The Kier molecular flexibility index (Phi) is 5.71. The lowest BCUT2D eigenvalue weighted by Crippen LogP contribution is -2.34. The van der Waals surface area contributed by atoms with E-state index in [9.17, 15) is 14.9 Å². The maximum atomic E-state index is 12.1. The van der Waals surface area contributed by atoms with Gasteiger partial charge in [-0.05, 0) is 49.0 Å². The van der Waals surface area contributed by atoms with Crippen LogP contribution in [-0.2, 0) is 0 Å². The first-order valence-corrected chi connectivity index (χ1v) is 7.76. The maximum Gasteiger partial charge on any atom is 0.269 e. The number of benzene rings is 2. The van der Waals surface area contributed by atoms with Crippen LogP contribution in [0.3, 0.4) is 0 Å². The number of nitrogens with one attached hydrogen (secondary N) is 2. The molecule has 124 valence electrons. The average molecular weight is 384 g/mol. The summed E-state index contributed by atoms with van der Waals surface area (Å²) in [6, 6.07) is 8.70. The molecule has 0 radical (unpaired) electrons. The van der Waals surface area contributed by atoms with E-state index in [1.165, 1.54) is 36.4 Å². The molecule has 6 nitrogen and oxygen atoms in total. The standard InChI is InChI=1S/C15H11Cl2N3O3S/c1-8-4-12(20(22)23)2-3-13(8)18-15(24)19-14(21)9-5-10(16)7-11(17)6-9/h2-7H,1H3,(H2,18,19,21,24). The highest BCUT2D eigenvalue weighted by Crippen LogP contribution is 2.21. The molecule has 0 aliphatic carbocycles. The maximum absolute atomic E-state index is 12.1. The predicted molar refractivity (Wildman–Crippen MR) is 98.0 cm³/mol. The molecule has 0 aromatic heterocycles. The van der Waals surface area contributed by atoms with E-state index in [4.69, 9.17) is 35.4 Å². The molecule has 24 heavy (non-hydrogen) atoms. The van der Waals surface area contributed by atoms with Crippen molar-refractivity contribution in [3.05, 3.63) is 67.7 Å². The van der Waals surface area contributed by atoms with Crippen molar-refractivity contribution in [2.75, 3.05) is 5.32 Å². The zero-order valence-electron chi connectivity index (χ0n) is 12.3. The second-order valence-electron chi connectivity index (χ2n) is 4.82. The molecule has 0 fully saturated rings. The van der Waals surface area contributed by atoms with E-state index in [0.717, 1.165) is 0 Å². The van der Waals surface area contributed by atoms with Gasteiger partial charge in [-0.2, -0.15) is 0 Å². The van der Waals surface area contributed by atoms with Crippen molar-refractivity contribution >= 4 is 57.8 Å². The third-order valence-corrected chi connectivity index (χ3v) is 3.66. The van der Waals surface area contributed by atoms with Gasteiger partial charge in [0.1, 0.15) is 0 Å². The summed E-state index contributed by atoms with van der Waals surface area (Å²) in [5.74, 6) is -0.475. The summed E-state index contributed by atoms with van der Waals surface area (Å²) in [6.45, 7) is 1.69. The zero-order valence-corrected chi connectivity index (χ0v) is 14.6. The molecule has 0 heterocycles. The van der Waals surface area contributed by atoms with Gasteiger partial charge in [0.05, 0.1) is 4.92 Å². The summed E-state index contributed by atoms with van der Waals surface area (Å²) in [5, 5.41) is 16.7. The van der Waals surface area contributed by atoms with Crippen LogP contribution in [0.5, 0.6) is 0 Å². The first kappa shape index (κ1) is 18.1. The Morgan fingerprint density at radius 2 is 1.79 bits per heavy atom. The molecule has 0 bridgehead atoms. The van der Waals surface area contributed by atoms with Crippen molar-refractivity contribution in [1.82, 2.24) is 5.32 Å². The number of carbonyl (C=O) groups is 1. The second kappa shape index (κ2) is 7.57. The fraction of sp³-hybridized carbons (Fsp3) is 0.0667. The molecular formula is C15H11Cl2N3O3S. The Bertz CT molecular complexity index is 822. The molecule has 0 aliphatic heterocycles. The number of nitro groups is 1. The lowest BCUT2D eigenvalue weighted by molar-refractivity contribution is -0.384. The molecule has 0 aliphatic rings. The molecule has 9 heteroatoms. The van der Waals surface area contributed by atoms with Crippen LogP contribution in [0.2, 0.25) is 10.0 Å². The quantitative estimate of drug-likeness (QED) is 0.467. The predicted octanol–water partition coefficient (Wildman–Crippen LogP) is 4.34. The van der Waals surface area contributed by atoms with Crippen LogP contribution in [0, 0.1) is 17.0 Å². The van der Waals surface area contributed by atoms with Gasteiger partial charge in [0.2, 0.25) is 0 Å². The molecular weight excluding hydrogens is 373 g/mol. The van der Waals surface area contributed by atoms with Crippen molar-refractivity contribution in [1.29, 1.82) is 0 Å². The number of carbonyl (C=O) groups excluding carboxylic acids is 1. The number of non-ortho nitro benzene ring substituents is 1. The highest BCUT2D eigenvalue weighted by Gasteiger charge is 2.12. The van der Waals surface area contributed by atoms with Crippen molar-refractivity contribution < 1.29 is 9.72 Å². The number of rotatable bonds is 3. The number of amides is 1. The minimum absolute atomic E-state index is 0.0263. The number of nitrogens with zero attached hydrogens (tertiary/aromatic N) is 1. The van der Waals surface area contributed by atoms with E-state index in [2.05, 4.69) is 10.6 Å². The topological polar surface area (TPSA) is 84.3 Å². The summed E-state index contributed by atoms with van der Waals surface area (Å²) >= 11 is 16.8. The van der Waals surface area contributed by atoms with Gasteiger partial charge in [-0.15, -0.1) is 0 Å². The second-order valence-corrected chi connectivity index (χ2v) is 6.10. The smallest absolute Gasteiger partial charge is 0.269 e. The van der Waals surface area contributed by atoms with Crippen LogP contribution in [0.1, 0.15) is 15.9 Å². The average Bonchev–Trinajstić information content (AvgIpc) is 2.48. The molecule has 0 saturated heterocycles. The summed E-state index contributed by atoms with van der Waals surface area (Å²) in [4.78, 5) is 22.4. The van der Waals surface area contributed by atoms with E-state index in [-0.39, 0.29) is 16.4 Å². The Balaban J connectivity index is 2.08. The van der Waals surface area contributed by atoms with Gasteiger partial charge in [-0.1, -0.05) is 23.2 Å². The lowest BCUT2D eigenvalue weighted by atomic mass is 10.2. The number of thiocarbonyl (C=S) groups is 1. The van der Waals surface area contributed by atoms with E-state index in [1.54, 1.807) is 6.92 Å². The summed E-state index contributed by atoms with van der Waals surface area (Å²) in [7, 11) is 0. The number of hydrogen-bond donors (Lipinski definition) is 2. The third-order valence-electron chi connectivity index (χ3n) is 3.02. The van der Waals surface area contributed by atoms with E-state index in [0.29, 0.717) is 21.3 Å². The number of halogens is 2. The molecule has 0 spiro atoms. The van der Waals surface area contributed by atoms with Gasteiger partial charge in [0, 0.05) is 33.4 Å².